The Kier molecular flexibility index (Phi) is 3.71. The molecule has 0 bridgehead atoms. The van der Waals surface area contributed by atoms with E-state index in [1.165, 1.54) is 0 Å². The molecule has 104 valence electrons. The summed E-state index contributed by atoms with van der Waals surface area (Å²) in [6, 6.07) is 2.15. The lowest BCUT2D eigenvalue weighted by molar-refractivity contribution is 0.255. The fourth-order valence-electron chi connectivity index (χ4n) is 1.99. The van der Waals surface area contributed by atoms with Crippen molar-refractivity contribution < 1.29 is 4.52 Å². The van der Waals surface area contributed by atoms with E-state index in [1.54, 1.807) is 4.68 Å². The number of hydrogen-bond acceptors (Lipinski definition) is 5. The molecule has 0 fully saturated rings. The zero-order valence-electron chi connectivity index (χ0n) is 12.1. The van der Waals surface area contributed by atoms with Gasteiger partial charge in [-0.05, 0) is 18.5 Å². The maximum atomic E-state index is 5.31. The maximum Gasteiger partial charge on any atom is 0.228 e. The molecule has 0 aliphatic rings. The van der Waals surface area contributed by atoms with Gasteiger partial charge in [0.2, 0.25) is 11.7 Å². The van der Waals surface area contributed by atoms with Gasteiger partial charge in [-0.25, -0.2) is 0 Å². The average molecular weight is 263 g/mol. The second-order valence-corrected chi connectivity index (χ2v) is 5.80. The molecule has 6 nitrogen and oxygen atoms in total. The molecular formula is C13H21N5O. The number of hydrogen-bond donors (Lipinski definition) is 1. The Morgan fingerprint density at radius 3 is 2.68 bits per heavy atom. The molecule has 0 aliphatic heterocycles. The Labute approximate surface area is 113 Å². The summed E-state index contributed by atoms with van der Waals surface area (Å²) < 4.78 is 7.02. The first-order valence-corrected chi connectivity index (χ1v) is 6.40. The summed E-state index contributed by atoms with van der Waals surface area (Å²) in [5.74, 6) is 1.18. The predicted molar refractivity (Wildman–Crippen MR) is 72.5 cm³/mol. The van der Waals surface area contributed by atoms with E-state index in [-0.39, 0.29) is 11.5 Å². The third kappa shape index (κ3) is 3.20. The van der Waals surface area contributed by atoms with E-state index in [0.717, 1.165) is 5.69 Å². The summed E-state index contributed by atoms with van der Waals surface area (Å²) in [7, 11) is 3.81. The zero-order valence-corrected chi connectivity index (χ0v) is 12.1. The lowest BCUT2D eigenvalue weighted by atomic mass is 9.85. The van der Waals surface area contributed by atoms with Gasteiger partial charge in [0.25, 0.3) is 0 Å². The fourth-order valence-corrected chi connectivity index (χ4v) is 1.99. The van der Waals surface area contributed by atoms with Crippen LogP contribution < -0.4 is 5.32 Å². The topological polar surface area (TPSA) is 68.8 Å². The second-order valence-electron chi connectivity index (χ2n) is 5.80. The van der Waals surface area contributed by atoms with E-state index in [9.17, 15) is 0 Å². The first kappa shape index (κ1) is 13.7. The van der Waals surface area contributed by atoms with Crippen molar-refractivity contribution in [2.45, 2.75) is 33.2 Å². The Morgan fingerprint density at radius 1 is 1.42 bits per heavy atom. The Bertz CT molecular complexity index is 537. The van der Waals surface area contributed by atoms with Crippen molar-refractivity contribution >= 4 is 0 Å². The molecule has 0 saturated carbocycles. The molecule has 6 heteroatoms. The van der Waals surface area contributed by atoms with Crippen LogP contribution in [0.2, 0.25) is 0 Å². The molecule has 2 aromatic rings. The highest BCUT2D eigenvalue weighted by molar-refractivity contribution is 5.46. The Balaban J connectivity index is 2.13. The van der Waals surface area contributed by atoms with Crippen LogP contribution in [0.3, 0.4) is 0 Å². The van der Waals surface area contributed by atoms with E-state index < -0.39 is 0 Å². The summed E-state index contributed by atoms with van der Waals surface area (Å²) in [6.07, 6.45) is 2.57. The summed E-state index contributed by atoms with van der Waals surface area (Å²) >= 11 is 0. The summed E-state index contributed by atoms with van der Waals surface area (Å²) in [6.45, 7) is 6.55. The molecule has 0 radical (unpaired) electrons. The summed E-state index contributed by atoms with van der Waals surface area (Å²) in [5, 5.41) is 11.5. The van der Waals surface area contributed by atoms with Crippen LogP contribution in [0.1, 0.15) is 26.7 Å². The maximum absolute atomic E-state index is 5.31. The number of nitrogens with zero attached hydrogens (tertiary/aromatic N) is 4. The van der Waals surface area contributed by atoms with Gasteiger partial charge in [0, 0.05) is 25.7 Å². The molecule has 2 aromatic heterocycles. The molecule has 2 rings (SSSR count). The van der Waals surface area contributed by atoms with Gasteiger partial charge in [-0.2, -0.15) is 10.1 Å². The number of rotatable bonds is 4. The predicted octanol–water partition coefficient (Wildman–Crippen LogP) is 1.65. The number of aromatic nitrogens is 4. The van der Waals surface area contributed by atoms with Crippen LogP contribution in [0.15, 0.2) is 16.8 Å². The minimum Gasteiger partial charge on any atom is -0.339 e. The van der Waals surface area contributed by atoms with Crippen molar-refractivity contribution in [3.8, 4) is 11.5 Å². The Morgan fingerprint density at radius 2 is 2.16 bits per heavy atom. The van der Waals surface area contributed by atoms with E-state index in [0.29, 0.717) is 18.1 Å². The van der Waals surface area contributed by atoms with Crippen LogP contribution in [0.4, 0.5) is 0 Å². The van der Waals surface area contributed by atoms with Crippen molar-refractivity contribution in [1.82, 2.24) is 25.2 Å². The number of nitrogens with one attached hydrogen (secondary N) is 1. The van der Waals surface area contributed by atoms with Crippen molar-refractivity contribution in [3.05, 3.63) is 18.2 Å². The minimum atomic E-state index is 0.133. The zero-order chi connectivity index (χ0) is 14.0. The van der Waals surface area contributed by atoms with Crippen LogP contribution in [-0.2, 0) is 13.5 Å². The highest BCUT2D eigenvalue weighted by atomic mass is 16.5. The SMILES string of the molecule is CNC(Cc1nc(-c2ccn(C)n2)no1)C(C)(C)C. The van der Waals surface area contributed by atoms with E-state index in [1.807, 2.05) is 26.4 Å². The minimum absolute atomic E-state index is 0.133. The normalized spacial score (nSPS) is 13.7. The lowest BCUT2D eigenvalue weighted by Gasteiger charge is -2.29. The molecule has 0 amide bonds. The van der Waals surface area contributed by atoms with E-state index in [4.69, 9.17) is 4.52 Å². The molecule has 0 aromatic carbocycles. The first-order valence-electron chi connectivity index (χ1n) is 6.40. The third-order valence-corrected chi connectivity index (χ3v) is 3.18. The van der Waals surface area contributed by atoms with Crippen molar-refractivity contribution in [3.63, 3.8) is 0 Å². The monoisotopic (exact) mass is 263 g/mol. The van der Waals surface area contributed by atoms with Gasteiger partial charge in [-0.15, -0.1) is 0 Å². The molecule has 1 atom stereocenters. The fraction of sp³-hybridized carbons (Fsp3) is 0.615. The van der Waals surface area contributed by atoms with Gasteiger partial charge in [-0.1, -0.05) is 25.9 Å². The average Bonchev–Trinajstić information content (AvgIpc) is 2.92. The number of aryl methyl sites for hydroxylation is 1. The van der Waals surface area contributed by atoms with Gasteiger partial charge in [-0.3, -0.25) is 4.68 Å². The number of likely N-dealkylation sites (N-methyl/N-ethyl adjacent to an activating group) is 1. The van der Waals surface area contributed by atoms with E-state index >= 15 is 0 Å². The highest BCUT2D eigenvalue weighted by Crippen LogP contribution is 2.22. The third-order valence-electron chi connectivity index (χ3n) is 3.18. The van der Waals surface area contributed by atoms with Gasteiger partial charge >= 0.3 is 0 Å². The standard InChI is InChI=1S/C13H21N5O/c1-13(2,3)10(14-4)8-11-15-12(17-19-11)9-6-7-18(5)16-9/h6-7,10,14H,8H2,1-5H3. The summed E-state index contributed by atoms with van der Waals surface area (Å²) in [5.41, 5.74) is 0.864. The van der Waals surface area contributed by atoms with Crippen LogP contribution in [0, 0.1) is 5.41 Å². The molecule has 0 aliphatic carbocycles. The van der Waals surface area contributed by atoms with Crippen LogP contribution in [0.25, 0.3) is 11.5 Å². The molecule has 1 N–H and O–H groups in total. The smallest absolute Gasteiger partial charge is 0.228 e. The second kappa shape index (κ2) is 5.13. The summed E-state index contributed by atoms with van der Waals surface area (Å²) in [4.78, 5) is 4.40. The van der Waals surface area contributed by atoms with Gasteiger partial charge < -0.3 is 9.84 Å². The van der Waals surface area contributed by atoms with Crippen LogP contribution >= 0.6 is 0 Å². The van der Waals surface area contributed by atoms with Gasteiger partial charge in [0.05, 0.1) is 0 Å². The molecule has 19 heavy (non-hydrogen) atoms. The quantitative estimate of drug-likeness (QED) is 0.908. The van der Waals surface area contributed by atoms with Crippen LogP contribution in [0.5, 0.6) is 0 Å². The molecule has 0 saturated heterocycles. The van der Waals surface area contributed by atoms with E-state index in [2.05, 4.69) is 41.3 Å². The molecule has 1 unspecified atom stereocenters. The first-order chi connectivity index (χ1) is 8.90. The molecular weight excluding hydrogens is 242 g/mol. The van der Waals surface area contributed by atoms with Crippen molar-refractivity contribution in [2.24, 2.45) is 12.5 Å². The van der Waals surface area contributed by atoms with Gasteiger partial charge in [0.1, 0.15) is 5.69 Å². The van der Waals surface area contributed by atoms with Crippen LogP contribution in [-0.4, -0.2) is 33.0 Å². The molecule has 0 spiro atoms. The van der Waals surface area contributed by atoms with Crippen molar-refractivity contribution in [1.29, 1.82) is 0 Å². The lowest BCUT2D eigenvalue weighted by Crippen LogP contribution is -2.39. The van der Waals surface area contributed by atoms with Crippen molar-refractivity contribution in [2.75, 3.05) is 7.05 Å². The largest absolute Gasteiger partial charge is 0.339 e. The molecule has 2 heterocycles. The Hall–Kier alpha value is -1.69. The highest BCUT2D eigenvalue weighted by Gasteiger charge is 2.25. The van der Waals surface area contributed by atoms with Gasteiger partial charge in [0.15, 0.2) is 0 Å².